The minimum atomic E-state index is -3.54. The molecule has 1 aromatic carbocycles. The summed E-state index contributed by atoms with van der Waals surface area (Å²) in [6.07, 6.45) is 2.98. The molecule has 27 heavy (non-hydrogen) atoms. The molecule has 0 aliphatic rings. The van der Waals surface area contributed by atoms with Crippen LogP contribution in [0.1, 0.15) is 40.5 Å². The van der Waals surface area contributed by atoms with E-state index < -0.39 is 9.84 Å². The molecule has 0 unspecified atom stereocenters. The number of para-hydroxylation sites is 2. The number of sulfone groups is 1. The molecule has 0 spiro atoms. The normalized spacial score (nSPS) is 12.3. The minimum Gasteiger partial charge on any atom is -0.341 e. The average Bonchev–Trinajstić information content (AvgIpc) is 2.93. The van der Waals surface area contributed by atoms with E-state index in [1.807, 2.05) is 17.0 Å². The highest BCUT2D eigenvalue weighted by Gasteiger charge is 2.23. The molecule has 150 valence electrons. The predicted molar refractivity (Wildman–Crippen MR) is 108 cm³/mol. The maximum atomic E-state index is 13.0. The van der Waals surface area contributed by atoms with Gasteiger partial charge in [-0.15, -0.1) is 0 Å². The molecule has 6 nitrogen and oxygen atoms in total. The van der Waals surface area contributed by atoms with Crippen LogP contribution in [-0.2, 0) is 21.2 Å². The quantitative estimate of drug-likeness (QED) is 0.655. The van der Waals surface area contributed by atoms with Gasteiger partial charge < -0.3 is 9.47 Å². The first-order valence-electron chi connectivity index (χ1n) is 9.52. The average molecular weight is 394 g/mol. The molecule has 1 aromatic heterocycles. The SMILES string of the molecule is CC(C)CCN(CCC(C)C)C(=O)Cn1c(S(C)(=O)=O)nc2ccccc21. The number of carbonyl (C=O) groups is 1. The zero-order chi connectivity index (χ0) is 20.2. The lowest BCUT2D eigenvalue weighted by molar-refractivity contribution is -0.132. The molecule has 0 aliphatic carbocycles. The lowest BCUT2D eigenvalue weighted by atomic mass is 10.1. The Balaban J connectivity index is 2.33. The van der Waals surface area contributed by atoms with Gasteiger partial charge >= 0.3 is 0 Å². The van der Waals surface area contributed by atoms with Crippen molar-refractivity contribution < 1.29 is 13.2 Å². The third-order valence-corrected chi connectivity index (χ3v) is 5.52. The number of hydrogen-bond acceptors (Lipinski definition) is 4. The van der Waals surface area contributed by atoms with Crippen molar-refractivity contribution in [2.45, 2.75) is 52.2 Å². The van der Waals surface area contributed by atoms with Crippen molar-refractivity contribution in [3.8, 4) is 0 Å². The molecule has 0 fully saturated rings. The van der Waals surface area contributed by atoms with Gasteiger partial charge in [0, 0.05) is 19.3 Å². The van der Waals surface area contributed by atoms with Crippen LogP contribution in [0.3, 0.4) is 0 Å². The monoisotopic (exact) mass is 393 g/mol. The summed E-state index contributed by atoms with van der Waals surface area (Å²) in [4.78, 5) is 19.2. The van der Waals surface area contributed by atoms with Gasteiger partial charge in [-0.2, -0.15) is 0 Å². The van der Waals surface area contributed by atoms with Crippen LogP contribution in [0.5, 0.6) is 0 Å². The zero-order valence-corrected chi connectivity index (χ0v) is 17.8. The number of aromatic nitrogens is 2. The van der Waals surface area contributed by atoms with Gasteiger partial charge in [-0.25, -0.2) is 13.4 Å². The van der Waals surface area contributed by atoms with E-state index in [2.05, 4.69) is 32.7 Å². The molecule has 0 saturated heterocycles. The smallest absolute Gasteiger partial charge is 0.242 e. The van der Waals surface area contributed by atoms with Gasteiger partial charge in [-0.05, 0) is 36.8 Å². The lowest BCUT2D eigenvalue weighted by Gasteiger charge is -2.25. The van der Waals surface area contributed by atoms with Crippen LogP contribution >= 0.6 is 0 Å². The number of fused-ring (bicyclic) bond motifs is 1. The van der Waals surface area contributed by atoms with Crippen LogP contribution in [0.4, 0.5) is 0 Å². The van der Waals surface area contributed by atoms with Gasteiger partial charge in [0.15, 0.2) is 0 Å². The van der Waals surface area contributed by atoms with Crippen molar-refractivity contribution >= 4 is 26.8 Å². The summed E-state index contributed by atoms with van der Waals surface area (Å²) >= 11 is 0. The molecule has 0 saturated carbocycles. The molecular formula is C20H31N3O3S. The molecule has 1 heterocycles. The van der Waals surface area contributed by atoms with E-state index >= 15 is 0 Å². The highest BCUT2D eigenvalue weighted by atomic mass is 32.2. The molecule has 0 N–H and O–H groups in total. The summed E-state index contributed by atoms with van der Waals surface area (Å²) < 4.78 is 25.9. The molecule has 2 aromatic rings. The predicted octanol–water partition coefficient (Wildman–Crippen LogP) is 3.36. The van der Waals surface area contributed by atoms with Crippen molar-refractivity contribution in [1.82, 2.24) is 14.5 Å². The Hall–Kier alpha value is -1.89. The van der Waals surface area contributed by atoms with Gasteiger partial charge in [0.1, 0.15) is 6.54 Å². The number of benzene rings is 1. The van der Waals surface area contributed by atoms with Crippen molar-refractivity contribution in [3.05, 3.63) is 24.3 Å². The molecule has 0 aliphatic heterocycles. The summed E-state index contributed by atoms with van der Waals surface area (Å²) in [5, 5.41) is -0.0512. The fourth-order valence-corrected chi connectivity index (χ4v) is 3.74. The second kappa shape index (κ2) is 8.87. The highest BCUT2D eigenvalue weighted by Crippen LogP contribution is 2.20. The minimum absolute atomic E-state index is 0.0148. The molecule has 0 atom stereocenters. The van der Waals surface area contributed by atoms with Gasteiger partial charge in [0.05, 0.1) is 11.0 Å². The third-order valence-electron chi connectivity index (χ3n) is 4.55. The first kappa shape index (κ1) is 21.4. The Labute approximate surface area is 162 Å². The number of hydrogen-bond donors (Lipinski definition) is 0. The second-order valence-corrected chi connectivity index (χ2v) is 9.90. The third kappa shape index (κ3) is 5.79. The van der Waals surface area contributed by atoms with Gasteiger partial charge in [-0.1, -0.05) is 39.8 Å². The topological polar surface area (TPSA) is 72.3 Å². The van der Waals surface area contributed by atoms with Gasteiger partial charge in [-0.3, -0.25) is 4.79 Å². The lowest BCUT2D eigenvalue weighted by Crippen LogP contribution is -2.37. The Morgan fingerprint density at radius 2 is 1.63 bits per heavy atom. The maximum absolute atomic E-state index is 13.0. The fraction of sp³-hybridized carbons (Fsp3) is 0.600. The molecule has 7 heteroatoms. The first-order valence-corrected chi connectivity index (χ1v) is 11.4. The maximum Gasteiger partial charge on any atom is 0.242 e. The van der Waals surface area contributed by atoms with E-state index in [9.17, 15) is 13.2 Å². The zero-order valence-electron chi connectivity index (χ0n) is 17.0. The van der Waals surface area contributed by atoms with E-state index in [4.69, 9.17) is 0 Å². The van der Waals surface area contributed by atoms with Crippen molar-refractivity contribution in [2.24, 2.45) is 11.8 Å². The standard InChI is InChI=1S/C20H31N3O3S/c1-15(2)10-12-22(13-11-16(3)4)19(24)14-23-18-9-7-6-8-17(18)21-20(23)27(5,25)26/h6-9,15-16H,10-14H2,1-5H3. The fourth-order valence-electron chi connectivity index (χ4n) is 2.91. The number of imidazole rings is 1. The van der Waals surface area contributed by atoms with E-state index in [0.717, 1.165) is 19.1 Å². The summed E-state index contributed by atoms with van der Waals surface area (Å²) in [5.41, 5.74) is 1.25. The summed E-state index contributed by atoms with van der Waals surface area (Å²) in [6.45, 7) is 9.90. The first-order chi connectivity index (χ1) is 12.6. The van der Waals surface area contributed by atoms with Crippen LogP contribution in [0.25, 0.3) is 11.0 Å². The molecular weight excluding hydrogens is 362 g/mol. The molecule has 0 radical (unpaired) electrons. The van der Waals surface area contributed by atoms with Crippen LogP contribution in [0, 0.1) is 11.8 Å². The summed E-state index contributed by atoms with van der Waals surface area (Å²) in [6, 6.07) is 7.20. The molecule has 2 rings (SSSR count). The number of carbonyl (C=O) groups excluding carboxylic acids is 1. The Morgan fingerprint density at radius 3 is 2.15 bits per heavy atom. The van der Waals surface area contributed by atoms with E-state index in [1.54, 1.807) is 12.1 Å². The van der Waals surface area contributed by atoms with Crippen molar-refractivity contribution in [2.75, 3.05) is 19.3 Å². The van der Waals surface area contributed by atoms with Crippen LogP contribution < -0.4 is 0 Å². The van der Waals surface area contributed by atoms with Crippen LogP contribution in [-0.4, -0.2) is 48.1 Å². The summed E-state index contributed by atoms with van der Waals surface area (Å²) in [5.74, 6) is 0.935. The van der Waals surface area contributed by atoms with Gasteiger partial charge in [0.2, 0.25) is 20.9 Å². The van der Waals surface area contributed by atoms with Crippen LogP contribution in [0.2, 0.25) is 0 Å². The number of nitrogens with zero attached hydrogens (tertiary/aromatic N) is 3. The number of amides is 1. The van der Waals surface area contributed by atoms with E-state index in [-0.39, 0.29) is 17.6 Å². The Kier molecular flexibility index (Phi) is 7.03. The van der Waals surface area contributed by atoms with E-state index in [0.29, 0.717) is 36.0 Å². The second-order valence-electron chi connectivity index (χ2n) is 7.99. The Bertz CT molecular complexity index is 873. The molecule has 1 amide bonds. The van der Waals surface area contributed by atoms with Crippen LogP contribution in [0.15, 0.2) is 29.4 Å². The van der Waals surface area contributed by atoms with Crippen molar-refractivity contribution in [1.29, 1.82) is 0 Å². The largest absolute Gasteiger partial charge is 0.341 e. The van der Waals surface area contributed by atoms with Crippen molar-refractivity contribution in [3.63, 3.8) is 0 Å². The number of rotatable bonds is 9. The van der Waals surface area contributed by atoms with Gasteiger partial charge in [0.25, 0.3) is 0 Å². The molecule has 0 bridgehead atoms. The van der Waals surface area contributed by atoms with E-state index in [1.165, 1.54) is 4.57 Å². The highest BCUT2D eigenvalue weighted by molar-refractivity contribution is 7.90. The Morgan fingerprint density at radius 1 is 1.07 bits per heavy atom. The summed E-state index contributed by atoms with van der Waals surface area (Å²) in [7, 11) is -3.54.